The highest BCUT2D eigenvalue weighted by Crippen LogP contribution is 2.10. The van der Waals surface area contributed by atoms with Crippen LogP contribution in [0.5, 0.6) is 0 Å². The minimum absolute atomic E-state index is 0.0344. The van der Waals surface area contributed by atoms with Crippen LogP contribution < -0.4 is 11.1 Å². The normalized spacial score (nSPS) is 14.9. The molecule has 0 unspecified atom stereocenters. The summed E-state index contributed by atoms with van der Waals surface area (Å²) in [6.45, 7) is 1.04. The van der Waals surface area contributed by atoms with Gasteiger partial charge in [-0.3, -0.25) is 14.4 Å². The standard InChI is InChI=1S/C15H19N3O3/c16-15(21)12-5-3-4-11(8-12)9-17-13(19)10-18-7-2-1-6-14(18)20/h3-5,8H,1-2,6-7,9-10H2,(H2,16,21)(H,17,19). The molecule has 0 saturated carbocycles. The Balaban J connectivity index is 1.85. The van der Waals surface area contributed by atoms with Gasteiger partial charge < -0.3 is 16.0 Å². The molecule has 6 heteroatoms. The second-order valence-corrected chi connectivity index (χ2v) is 5.11. The first-order valence-electron chi connectivity index (χ1n) is 6.99. The highest BCUT2D eigenvalue weighted by Gasteiger charge is 2.20. The Morgan fingerprint density at radius 2 is 2.10 bits per heavy atom. The molecule has 0 radical (unpaired) electrons. The van der Waals surface area contributed by atoms with Crippen molar-refractivity contribution in [2.24, 2.45) is 5.73 Å². The number of hydrogen-bond donors (Lipinski definition) is 2. The number of piperidine rings is 1. The third-order valence-electron chi connectivity index (χ3n) is 3.46. The molecule has 2 rings (SSSR count). The molecule has 112 valence electrons. The van der Waals surface area contributed by atoms with Gasteiger partial charge in [-0.05, 0) is 30.5 Å². The number of nitrogens with zero attached hydrogens (tertiary/aromatic N) is 1. The van der Waals surface area contributed by atoms with Gasteiger partial charge in [0.25, 0.3) is 0 Å². The first kappa shape index (κ1) is 15.0. The van der Waals surface area contributed by atoms with Crippen LogP contribution in [0.1, 0.15) is 35.2 Å². The van der Waals surface area contributed by atoms with Gasteiger partial charge in [0.1, 0.15) is 0 Å². The molecule has 0 bridgehead atoms. The average Bonchev–Trinajstić information content (AvgIpc) is 2.48. The second kappa shape index (κ2) is 6.88. The highest BCUT2D eigenvalue weighted by molar-refractivity contribution is 5.93. The Kier molecular flexibility index (Phi) is 4.92. The van der Waals surface area contributed by atoms with E-state index in [1.165, 1.54) is 0 Å². The molecule has 1 aliphatic rings. The summed E-state index contributed by atoms with van der Waals surface area (Å²) in [7, 11) is 0. The Morgan fingerprint density at radius 1 is 1.29 bits per heavy atom. The average molecular weight is 289 g/mol. The highest BCUT2D eigenvalue weighted by atomic mass is 16.2. The predicted molar refractivity (Wildman–Crippen MR) is 77.2 cm³/mol. The maximum Gasteiger partial charge on any atom is 0.248 e. The maximum atomic E-state index is 11.9. The van der Waals surface area contributed by atoms with E-state index in [1.807, 2.05) is 0 Å². The van der Waals surface area contributed by atoms with E-state index in [0.29, 0.717) is 25.1 Å². The van der Waals surface area contributed by atoms with Crippen LogP contribution in [0, 0.1) is 0 Å². The van der Waals surface area contributed by atoms with Crippen molar-refractivity contribution in [3.05, 3.63) is 35.4 Å². The van der Waals surface area contributed by atoms with Crippen molar-refractivity contribution >= 4 is 17.7 Å². The monoisotopic (exact) mass is 289 g/mol. The number of rotatable bonds is 5. The third-order valence-corrected chi connectivity index (χ3v) is 3.46. The van der Waals surface area contributed by atoms with Crippen molar-refractivity contribution in [2.75, 3.05) is 13.1 Å². The molecule has 21 heavy (non-hydrogen) atoms. The molecule has 3 amide bonds. The van der Waals surface area contributed by atoms with Gasteiger partial charge in [0.05, 0.1) is 6.54 Å². The van der Waals surface area contributed by atoms with Crippen LogP contribution in [0.2, 0.25) is 0 Å². The molecule has 1 saturated heterocycles. The number of nitrogens with two attached hydrogens (primary N) is 1. The Labute approximate surface area is 123 Å². The molecule has 1 aromatic carbocycles. The number of carbonyl (C=O) groups is 3. The first-order chi connectivity index (χ1) is 10.1. The molecule has 1 fully saturated rings. The van der Waals surface area contributed by atoms with Crippen molar-refractivity contribution < 1.29 is 14.4 Å². The molecule has 3 N–H and O–H groups in total. The summed E-state index contributed by atoms with van der Waals surface area (Å²) in [5.74, 6) is -0.663. The Hall–Kier alpha value is -2.37. The Bertz CT molecular complexity index is 557. The zero-order valence-corrected chi connectivity index (χ0v) is 11.8. The maximum absolute atomic E-state index is 11.9. The summed E-state index contributed by atoms with van der Waals surface area (Å²) in [6, 6.07) is 6.79. The number of likely N-dealkylation sites (tertiary alicyclic amines) is 1. The van der Waals surface area contributed by atoms with Gasteiger partial charge in [0.2, 0.25) is 17.7 Å². The summed E-state index contributed by atoms with van der Waals surface area (Å²) < 4.78 is 0. The molecule has 1 aliphatic heterocycles. The van der Waals surface area contributed by atoms with Crippen molar-refractivity contribution in [2.45, 2.75) is 25.8 Å². The third kappa shape index (κ3) is 4.30. The van der Waals surface area contributed by atoms with Gasteiger partial charge in [-0.15, -0.1) is 0 Å². The predicted octanol–water partition coefficient (Wildman–Crippen LogP) is 0.414. The van der Waals surface area contributed by atoms with Crippen molar-refractivity contribution in [1.29, 1.82) is 0 Å². The van der Waals surface area contributed by atoms with Gasteiger partial charge in [-0.25, -0.2) is 0 Å². The lowest BCUT2D eigenvalue weighted by Crippen LogP contribution is -2.42. The van der Waals surface area contributed by atoms with E-state index in [4.69, 9.17) is 5.73 Å². The van der Waals surface area contributed by atoms with Crippen LogP contribution in [0.4, 0.5) is 0 Å². The van der Waals surface area contributed by atoms with E-state index in [2.05, 4.69) is 5.32 Å². The van der Waals surface area contributed by atoms with E-state index < -0.39 is 5.91 Å². The Morgan fingerprint density at radius 3 is 2.81 bits per heavy atom. The lowest BCUT2D eigenvalue weighted by molar-refractivity contribution is -0.137. The minimum Gasteiger partial charge on any atom is -0.366 e. The number of benzene rings is 1. The number of carbonyl (C=O) groups excluding carboxylic acids is 3. The van der Waals surface area contributed by atoms with E-state index in [1.54, 1.807) is 29.2 Å². The van der Waals surface area contributed by atoms with Crippen molar-refractivity contribution in [3.63, 3.8) is 0 Å². The van der Waals surface area contributed by atoms with Crippen molar-refractivity contribution in [1.82, 2.24) is 10.2 Å². The fourth-order valence-corrected chi connectivity index (χ4v) is 2.29. The fourth-order valence-electron chi connectivity index (χ4n) is 2.29. The summed E-state index contributed by atoms with van der Waals surface area (Å²) in [5.41, 5.74) is 6.41. The zero-order chi connectivity index (χ0) is 15.2. The molecular formula is C15H19N3O3. The van der Waals surface area contributed by atoms with Gasteiger partial charge in [0, 0.05) is 25.1 Å². The molecule has 0 spiro atoms. The largest absolute Gasteiger partial charge is 0.366 e. The van der Waals surface area contributed by atoms with Gasteiger partial charge >= 0.3 is 0 Å². The molecule has 1 heterocycles. The van der Waals surface area contributed by atoms with Gasteiger partial charge in [0.15, 0.2) is 0 Å². The fraction of sp³-hybridized carbons (Fsp3) is 0.400. The van der Waals surface area contributed by atoms with Crippen LogP contribution in [0.25, 0.3) is 0 Å². The lowest BCUT2D eigenvalue weighted by Gasteiger charge is -2.25. The van der Waals surface area contributed by atoms with Crippen LogP contribution >= 0.6 is 0 Å². The van der Waals surface area contributed by atoms with E-state index >= 15 is 0 Å². The van der Waals surface area contributed by atoms with E-state index in [0.717, 1.165) is 18.4 Å². The summed E-state index contributed by atoms with van der Waals surface area (Å²) in [5, 5.41) is 2.75. The molecule has 1 aromatic rings. The first-order valence-corrected chi connectivity index (χ1v) is 6.99. The molecule has 0 aromatic heterocycles. The topological polar surface area (TPSA) is 92.5 Å². The number of nitrogens with one attached hydrogen (secondary N) is 1. The summed E-state index contributed by atoms with van der Waals surface area (Å²) in [4.78, 5) is 36.1. The van der Waals surface area contributed by atoms with Crippen LogP contribution in [-0.4, -0.2) is 35.7 Å². The summed E-state index contributed by atoms with van der Waals surface area (Å²) in [6.07, 6.45) is 2.37. The van der Waals surface area contributed by atoms with Crippen LogP contribution in [0.15, 0.2) is 24.3 Å². The van der Waals surface area contributed by atoms with Crippen LogP contribution in [0.3, 0.4) is 0 Å². The molecule has 6 nitrogen and oxygen atoms in total. The van der Waals surface area contributed by atoms with E-state index in [9.17, 15) is 14.4 Å². The lowest BCUT2D eigenvalue weighted by atomic mass is 10.1. The second-order valence-electron chi connectivity index (χ2n) is 5.11. The number of amides is 3. The minimum atomic E-state index is -0.498. The molecule has 0 atom stereocenters. The smallest absolute Gasteiger partial charge is 0.248 e. The quantitative estimate of drug-likeness (QED) is 0.822. The van der Waals surface area contributed by atoms with Crippen LogP contribution in [-0.2, 0) is 16.1 Å². The SMILES string of the molecule is NC(=O)c1cccc(CNC(=O)CN2CCCCC2=O)c1. The number of primary amides is 1. The summed E-state index contributed by atoms with van der Waals surface area (Å²) >= 11 is 0. The molecule has 0 aliphatic carbocycles. The van der Waals surface area contributed by atoms with E-state index in [-0.39, 0.29) is 18.4 Å². The molecular weight excluding hydrogens is 270 g/mol. The number of hydrogen-bond acceptors (Lipinski definition) is 3. The van der Waals surface area contributed by atoms with Gasteiger partial charge in [-0.2, -0.15) is 0 Å². The van der Waals surface area contributed by atoms with Gasteiger partial charge in [-0.1, -0.05) is 12.1 Å². The zero-order valence-electron chi connectivity index (χ0n) is 11.8. The van der Waals surface area contributed by atoms with Crippen molar-refractivity contribution in [3.8, 4) is 0 Å².